The zero-order chi connectivity index (χ0) is 18.3. The quantitative estimate of drug-likeness (QED) is 0.846. The first kappa shape index (κ1) is 18.1. The van der Waals surface area contributed by atoms with Crippen LogP contribution in [0.2, 0.25) is 0 Å². The van der Waals surface area contributed by atoms with E-state index < -0.39 is 17.9 Å². The molecule has 0 saturated heterocycles. The van der Waals surface area contributed by atoms with Gasteiger partial charge in [0.05, 0.1) is 5.69 Å². The summed E-state index contributed by atoms with van der Waals surface area (Å²) < 4.78 is 28.4. The van der Waals surface area contributed by atoms with Crippen LogP contribution in [0.25, 0.3) is 5.69 Å². The lowest BCUT2D eigenvalue weighted by Crippen LogP contribution is -2.38. The van der Waals surface area contributed by atoms with Gasteiger partial charge in [0.1, 0.15) is 4.99 Å². The molecule has 0 atom stereocenters. The van der Waals surface area contributed by atoms with E-state index in [0.717, 1.165) is 14.9 Å². The standard InChI is InChI=1S/C15H19F2N5OS/c1-7-6-10(13(18)24)8(2)9(3)11(7)21-15(23)22(20(4)5)14(19-21)12(16)17/h6,12H,1-5H3,(H2,18,24). The first-order chi connectivity index (χ1) is 11.1. The highest BCUT2D eigenvalue weighted by Crippen LogP contribution is 2.25. The van der Waals surface area contributed by atoms with Gasteiger partial charge < -0.3 is 10.7 Å². The summed E-state index contributed by atoms with van der Waals surface area (Å²) in [6, 6.07) is 1.74. The number of rotatable bonds is 4. The van der Waals surface area contributed by atoms with Crippen LogP contribution in [0.1, 0.15) is 34.5 Å². The number of aromatic nitrogens is 3. The van der Waals surface area contributed by atoms with Gasteiger partial charge in [-0.3, -0.25) is 0 Å². The number of hydrogen-bond donors (Lipinski definition) is 1. The minimum Gasteiger partial charge on any atom is -0.389 e. The summed E-state index contributed by atoms with van der Waals surface area (Å²) in [5.41, 5.74) is 8.37. The van der Waals surface area contributed by atoms with Crippen molar-refractivity contribution in [2.24, 2.45) is 5.73 Å². The summed E-state index contributed by atoms with van der Waals surface area (Å²) in [5, 5.41) is 5.12. The minimum absolute atomic E-state index is 0.240. The molecule has 0 spiro atoms. The number of benzene rings is 1. The van der Waals surface area contributed by atoms with E-state index in [9.17, 15) is 13.6 Å². The molecular weight excluding hydrogens is 336 g/mol. The average molecular weight is 355 g/mol. The fourth-order valence-electron chi connectivity index (χ4n) is 2.68. The molecule has 0 unspecified atom stereocenters. The van der Waals surface area contributed by atoms with E-state index >= 15 is 0 Å². The molecule has 0 aliphatic rings. The number of thiocarbonyl (C=S) groups is 1. The molecule has 9 heteroatoms. The molecule has 1 aromatic heterocycles. The third kappa shape index (κ3) is 2.79. The second-order valence-electron chi connectivity index (χ2n) is 5.72. The van der Waals surface area contributed by atoms with E-state index in [1.807, 2.05) is 6.92 Å². The Bertz CT molecular complexity index is 870. The highest BCUT2D eigenvalue weighted by atomic mass is 32.1. The molecule has 0 aliphatic heterocycles. The minimum atomic E-state index is -2.88. The van der Waals surface area contributed by atoms with Crippen LogP contribution in [0.15, 0.2) is 10.9 Å². The second kappa shape index (κ2) is 6.31. The Kier molecular flexibility index (Phi) is 4.75. The van der Waals surface area contributed by atoms with Crippen molar-refractivity contribution in [3.8, 4) is 5.69 Å². The molecule has 1 heterocycles. The number of alkyl halides is 2. The van der Waals surface area contributed by atoms with Gasteiger partial charge in [-0.25, -0.2) is 13.6 Å². The third-order valence-corrected chi connectivity index (χ3v) is 4.13. The molecule has 0 aliphatic carbocycles. The van der Waals surface area contributed by atoms with E-state index in [1.54, 1.807) is 19.9 Å². The molecule has 130 valence electrons. The van der Waals surface area contributed by atoms with Crippen molar-refractivity contribution < 1.29 is 8.78 Å². The van der Waals surface area contributed by atoms with Crippen LogP contribution in [0, 0.1) is 20.8 Å². The van der Waals surface area contributed by atoms with Crippen molar-refractivity contribution in [3.63, 3.8) is 0 Å². The van der Waals surface area contributed by atoms with E-state index in [4.69, 9.17) is 18.0 Å². The van der Waals surface area contributed by atoms with Gasteiger partial charge in [-0.2, -0.15) is 9.36 Å². The Morgan fingerprint density at radius 3 is 2.29 bits per heavy atom. The van der Waals surface area contributed by atoms with Crippen LogP contribution in [-0.2, 0) is 0 Å². The molecule has 0 amide bonds. The molecule has 2 aromatic rings. The maximum Gasteiger partial charge on any atom is 0.369 e. The van der Waals surface area contributed by atoms with Crippen molar-refractivity contribution in [1.29, 1.82) is 0 Å². The molecule has 0 saturated carbocycles. The maximum absolute atomic E-state index is 13.3. The maximum atomic E-state index is 13.3. The van der Waals surface area contributed by atoms with Crippen LogP contribution < -0.4 is 16.4 Å². The molecule has 24 heavy (non-hydrogen) atoms. The fraction of sp³-hybridized carbons (Fsp3) is 0.400. The number of aryl methyl sites for hydroxylation is 1. The molecule has 6 nitrogen and oxygen atoms in total. The predicted octanol–water partition coefficient (Wildman–Crippen LogP) is 1.73. The normalized spacial score (nSPS) is 11.2. The van der Waals surface area contributed by atoms with Gasteiger partial charge in [0.25, 0.3) is 6.43 Å². The predicted molar refractivity (Wildman–Crippen MR) is 92.9 cm³/mol. The lowest BCUT2D eigenvalue weighted by atomic mass is 9.97. The van der Waals surface area contributed by atoms with E-state index in [1.165, 1.54) is 19.1 Å². The number of halogens is 2. The summed E-state index contributed by atoms with van der Waals surface area (Å²) in [5.74, 6) is -0.611. The van der Waals surface area contributed by atoms with Crippen molar-refractivity contribution in [2.45, 2.75) is 27.2 Å². The first-order valence-corrected chi connectivity index (χ1v) is 7.57. The van der Waals surface area contributed by atoms with Crippen LogP contribution in [-0.4, -0.2) is 33.5 Å². The van der Waals surface area contributed by atoms with Gasteiger partial charge in [-0.15, -0.1) is 5.10 Å². The smallest absolute Gasteiger partial charge is 0.369 e. The summed E-state index contributed by atoms with van der Waals surface area (Å²) in [6.07, 6.45) is -2.88. The van der Waals surface area contributed by atoms with Crippen molar-refractivity contribution in [2.75, 3.05) is 19.1 Å². The molecule has 2 N–H and O–H groups in total. The Morgan fingerprint density at radius 2 is 1.88 bits per heavy atom. The number of hydrogen-bond acceptors (Lipinski definition) is 4. The first-order valence-electron chi connectivity index (χ1n) is 7.16. The van der Waals surface area contributed by atoms with Gasteiger partial charge in [0, 0.05) is 19.7 Å². The molecule has 0 radical (unpaired) electrons. The van der Waals surface area contributed by atoms with E-state index in [2.05, 4.69) is 5.10 Å². The van der Waals surface area contributed by atoms with Crippen LogP contribution in [0.5, 0.6) is 0 Å². The van der Waals surface area contributed by atoms with Gasteiger partial charge in [0.15, 0.2) is 0 Å². The Hall–Kier alpha value is -2.29. The van der Waals surface area contributed by atoms with Crippen molar-refractivity contribution >= 4 is 17.2 Å². The largest absolute Gasteiger partial charge is 0.389 e. The molecule has 0 fully saturated rings. The Balaban J connectivity index is 2.84. The topological polar surface area (TPSA) is 69.1 Å². The monoisotopic (exact) mass is 355 g/mol. The number of nitrogens with two attached hydrogens (primary N) is 1. The average Bonchev–Trinajstić information content (AvgIpc) is 2.81. The molecular formula is C15H19F2N5OS. The van der Waals surface area contributed by atoms with Gasteiger partial charge in [-0.05, 0) is 43.5 Å². The second-order valence-corrected chi connectivity index (χ2v) is 6.16. The Labute approximate surface area is 143 Å². The zero-order valence-corrected chi connectivity index (χ0v) is 14.9. The van der Waals surface area contributed by atoms with Crippen LogP contribution in [0.3, 0.4) is 0 Å². The zero-order valence-electron chi connectivity index (χ0n) is 14.1. The van der Waals surface area contributed by atoms with E-state index in [-0.39, 0.29) is 4.99 Å². The highest BCUT2D eigenvalue weighted by Gasteiger charge is 2.25. The molecule has 1 aromatic carbocycles. The molecule has 2 rings (SSSR count). The third-order valence-electron chi connectivity index (χ3n) is 3.91. The summed E-state index contributed by atoms with van der Waals surface area (Å²) in [7, 11) is 3.00. The summed E-state index contributed by atoms with van der Waals surface area (Å²) in [6.45, 7) is 5.35. The Morgan fingerprint density at radius 1 is 1.29 bits per heavy atom. The van der Waals surface area contributed by atoms with Crippen molar-refractivity contribution in [3.05, 3.63) is 44.6 Å². The highest BCUT2D eigenvalue weighted by molar-refractivity contribution is 7.80. The van der Waals surface area contributed by atoms with Gasteiger partial charge in [-0.1, -0.05) is 12.2 Å². The molecule has 0 bridgehead atoms. The van der Waals surface area contributed by atoms with E-state index in [0.29, 0.717) is 22.4 Å². The fourth-order valence-corrected chi connectivity index (χ4v) is 2.90. The summed E-state index contributed by atoms with van der Waals surface area (Å²) in [4.78, 5) is 12.8. The SMILES string of the molecule is Cc1cc(C(N)=S)c(C)c(C)c1-n1nc(C(F)F)n(N(C)C)c1=O. The lowest BCUT2D eigenvalue weighted by molar-refractivity contribution is 0.134. The van der Waals surface area contributed by atoms with Gasteiger partial charge >= 0.3 is 5.69 Å². The summed E-state index contributed by atoms with van der Waals surface area (Å²) >= 11 is 5.03. The van der Waals surface area contributed by atoms with Gasteiger partial charge in [0.2, 0.25) is 5.82 Å². The van der Waals surface area contributed by atoms with Crippen LogP contribution in [0.4, 0.5) is 8.78 Å². The van der Waals surface area contributed by atoms with Crippen LogP contribution >= 0.6 is 12.2 Å². The lowest BCUT2D eigenvalue weighted by Gasteiger charge is -2.16. The van der Waals surface area contributed by atoms with Crippen molar-refractivity contribution in [1.82, 2.24) is 14.5 Å². The number of nitrogens with zero attached hydrogens (tertiary/aromatic N) is 4.